The summed E-state index contributed by atoms with van der Waals surface area (Å²) in [5.74, 6) is -0.353. The summed E-state index contributed by atoms with van der Waals surface area (Å²) in [6.45, 7) is 2.78. The molecular formula is C15H22N4O4. The second kappa shape index (κ2) is 7.26. The number of amides is 2. The van der Waals surface area contributed by atoms with Crippen LogP contribution < -0.4 is 11.2 Å². The molecule has 1 unspecified atom stereocenters. The summed E-state index contributed by atoms with van der Waals surface area (Å²) in [5, 5.41) is 0. The molecule has 1 aliphatic heterocycles. The smallest absolute Gasteiger partial charge is 0.328 e. The molecule has 0 bridgehead atoms. The molecule has 0 radical (unpaired) electrons. The van der Waals surface area contributed by atoms with E-state index in [0.717, 1.165) is 17.4 Å². The molecule has 2 heterocycles. The van der Waals surface area contributed by atoms with Gasteiger partial charge in [-0.15, -0.1) is 0 Å². The van der Waals surface area contributed by atoms with Crippen molar-refractivity contribution in [1.82, 2.24) is 19.4 Å². The number of likely N-dealkylation sites (N-methyl/N-ethyl adjacent to an activating group) is 1. The van der Waals surface area contributed by atoms with Crippen LogP contribution in [0, 0.1) is 0 Å². The summed E-state index contributed by atoms with van der Waals surface area (Å²) in [7, 11) is 1.73. The van der Waals surface area contributed by atoms with Crippen molar-refractivity contribution >= 4 is 11.8 Å². The largest absolute Gasteiger partial charge is 0.342 e. The number of nitrogens with zero attached hydrogens (tertiary/aromatic N) is 3. The van der Waals surface area contributed by atoms with Crippen LogP contribution in [-0.4, -0.2) is 57.3 Å². The highest BCUT2D eigenvalue weighted by Crippen LogP contribution is 2.16. The lowest BCUT2D eigenvalue weighted by atomic mass is 10.0. The molecule has 1 aromatic rings. The summed E-state index contributed by atoms with van der Waals surface area (Å²) < 4.78 is 1.14. The molecule has 1 aromatic heterocycles. The van der Waals surface area contributed by atoms with Crippen molar-refractivity contribution in [2.24, 2.45) is 0 Å². The van der Waals surface area contributed by atoms with Gasteiger partial charge in [0.05, 0.1) is 0 Å². The molecule has 0 spiro atoms. The highest BCUT2D eigenvalue weighted by Gasteiger charge is 2.35. The molecule has 126 valence electrons. The van der Waals surface area contributed by atoms with E-state index in [0.29, 0.717) is 19.5 Å². The van der Waals surface area contributed by atoms with E-state index in [2.05, 4.69) is 4.98 Å². The summed E-state index contributed by atoms with van der Waals surface area (Å²) in [5.41, 5.74) is -1.13. The van der Waals surface area contributed by atoms with Gasteiger partial charge in [0.25, 0.3) is 5.56 Å². The number of carbonyl (C=O) groups is 2. The van der Waals surface area contributed by atoms with Crippen LogP contribution >= 0.6 is 0 Å². The van der Waals surface area contributed by atoms with E-state index in [1.807, 2.05) is 6.92 Å². The Balaban J connectivity index is 2.16. The molecule has 1 saturated heterocycles. The number of rotatable bonds is 5. The zero-order valence-corrected chi connectivity index (χ0v) is 13.4. The fourth-order valence-electron chi connectivity index (χ4n) is 2.69. The molecule has 2 rings (SSSR count). The molecule has 1 atom stereocenters. The third kappa shape index (κ3) is 3.88. The lowest BCUT2D eigenvalue weighted by Crippen LogP contribution is -2.58. The third-order valence-electron chi connectivity index (χ3n) is 4.07. The van der Waals surface area contributed by atoms with Crippen LogP contribution in [-0.2, 0) is 16.1 Å². The first-order chi connectivity index (χ1) is 10.9. The van der Waals surface area contributed by atoms with Crippen LogP contribution in [0.4, 0.5) is 0 Å². The summed E-state index contributed by atoms with van der Waals surface area (Å²) in [6, 6.07) is 0.720. The second-order valence-corrected chi connectivity index (χ2v) is 5.74. The monoisotopic (exact) mass is 322 g/mol. The molecule has 0 aromatic carbocycles. The normalized spacial score (nSPS) is 18.3. The maximum atomic E-state index is 12.5. The van der Waals surface area contributed by atoms with Gasteiger partial charge in [-0.05, 0) is 6.42 Å². The van der Waals surface area contributed by atoms with Crippen LogP contribution in [0.25, 0.3) is 0 Å². The van der Waals surface area contributed by atoms with E-state index in [4.69, 9.17) is 0 Å². The van der Waals surface area contributed by atoms with Crippen molar-refractivity contribution in [2.45, 2.75) is 38.8 Å². The minimum atomic E-state index is -0.628. The average Bonchev–Trinajstić information content (AvgIpc) is 2.51. The Morgan fingerprint density at radius 1 is 1.30 bits per heavy atom. The van der Waals surface area contributed by atoms with Crippen molar-refractivity contribution in [3.05, 3.63) is 33.1 Å². The first-order valence-electron chi connectivity index (χ1n) is 7.78. The van der Waals surface area contributed by atoms with E-state index >= 15 is 0 Å². The SMILES string of the molecule is CCCCC1C(=O)N(C)CCN1C(=O)Cn1ccc(=O)[nH]c1=O. The zero-order valence-electron chi connectivity index (χ0n) is 13.4. The number of H-pyrrole nitrogens is 1. The fraction of sp³-hybridized carbons (Fsp3) is 0.600. The molecular weight excluding hydrogens is 300 g/mol. The standard InChI is InChI=1S/C15H22N4O4/c1-3-4-5-11-14(22)17(2)8-9-19(11)13(21)10-18-7-6-12(20)16-15(18)23/h6-7,11H,3-5,8-10H2,1-2H3,(H,16,20,23). The Kier molecular flexibility index (Phi) is 5.36. The molecule has 8 nitrogen and oxygen atoms in total. The number of hydrogen-bond donors (Lipinski definition) is 1. The number of unbranched alkanes of at least 4 members (excludes halogenated alkanes) is 1. The van der Waals surface area contributed by atoms with Crippen LogP contribution in [0.2, 0.25) is 0 Å². The molecule has 2 amide bonds. The minimum Gasteiger partial charge on any atom is -0.342 e. The van der Waals surface area contributed by atoms with E-state index in [9.17, 15) is 19.2 Å². The van der Waals surface area contributed by atoms with Gasteiger partial charge in [-0.3, -0.25) is 23.9 Å². The summed E-state index contributed by atoms with van der Waals surface area (Å²) in [4.78, 5) is 52.9. The van der Waals surface area contributed by atoms with Gasteiger partial charge in [0, 0.05) is 32.4 Å². The Morgan fingerprint density at radius 3 is 2.70 bits per heavy atom. The van der Waals surface area contributed by atoms with E-state index in [1.54, 1.807) is 16.8 Å². The summed E-state index contributed by atoms with van der Waals surface area (Å²) in [6.07, 6.45) is 3.70. The molecule has 1 fully saturated rings. The molecule has 0 saturated carbocycles. The Labute approximate surface area is 133 Å². The third-order valence-corrected chi connectivity index (χ3v) is 4.07. The summed E-state index contributed by atoms with van der Waals surface area (Å²) >= 11 is 0. The minimum absolute atomic E-state index is 0.0631. The van der Waals surface area contributed by atoms with Gasteiger partial charge >= 0.3 is 5.69 Å². The van der Waals surface area contributed by atoms with E-state index < -0.39 is 17.3 Å². The maximum absolute atomic E-state index is 12.5. The second-order valence-electron chi connectivity index (χ2n) is 5.74. The molecule has 8 heteroatoms. The maximum Gasteiger partial charge on any atom is 0.328 e. The van der Waals surface area contributed by atoms with Crippen molar-refractivity contribution in [3.63, 3.8) is 0 Å². The fourth-order valence-corrected chi connectivity index (χ4v) is 2.69. The van der Waals surface area contributed by atoms with Gasteiger partial charge in [-0.25, -0.2) is 4.79 Å². The quantitative estimate of drug-likeness (QED) is 0.783. The van der Waals surface area contributed by atoms with Gasteiger partial charge in [0.15, 0.2) is 0 Å². The average molecular weight is 322 g/mol. The van der Waals surface area contributed by atoms with Crippen molar-refractivity contribution in [2.75, 3.05) is 20.1 Å². The van der Waals surface area contributed by atoms with Crippen molar-refractivity contribution < 1.29 is 9.59 Å². The lowest BCUT2D eigenvalue weighted by molar-refractivity contribution is -0.151. The molecule has 1 N–H and O–H groups in total. The van der Waals surface area contributed by atoms with Crippen LogP contribution in [0.3, 0.4) is 0 Å². The highest BCUT2D eigenvalue weighted by atomic mass is 16.2. The number of hydrogen-bond acceptors (Lipinski definition) is 4. The van der Waals surface area contributed by atoms with Crippen LogP contribution in [0.15, 0.2) is 21.9 Å². The van der Waals surface area contributed by atoms with Gasteiger partial charge < -0.3 is 9.80 Å². The lowest BCUT2D eigenvalue weighted by Gasteiger charge is -2.39. The topological polar surface area (TPSA) is 95.5 Å². The zero-order chi connectivity index (χ0) is 17.0. The van der Waals surface area contributed by atoms with Gasteiger partial charge in [0.2, 0.25) is 11.8 Å². The van der Waals surface area contributed by atoms with E-state index in [1.165, 1.54) is 12.3 Å². The number of carbonyl (C=O) groups excluding carboxylic acids is 2. The predicted octanol–water partition coefficient (Wildman–Crippen LogP) is -0.604. The number of aromatic nitrogens is 2. The number of nitrogens with one attached hydrogen (secondary N) is 1. The van der Waals surface area contributed by atoms with Crippen molar-refractivity contribution in [1.29, 1.82) is 0 Å². The Bertz CT molecular complexity index is 693. The van der Waals surface area contributed by atoms with Crippen LogP contribution in [0.1, 0.15) is 26.2 Å². The van der Waals surface area contributed by atoms with Gasteiger partial charge in [0.1, 0.15) is 12.6 Å². The first-order valence-corrected chi connectivity index (χ1v) is 7.78. The van der Waals surface area contributed by atoms with Gasteiger partial charge in [-0.1, -0.05) is 19.8 Å². The predicted molar refractivity (Wildman–Crippen MR) is 84.0 cm³/mol. The number of piperazine rings is 1. The van der Waals surface area contributed by atoms with Gasteiger partial charge in [-0.2, -0.15) is 0 Å². The highest BCUT2D eigenvalue weighted by molar-refractivity contribution is 5.88. The Hall–Kier alpha value is -2.38. The van der Waals surface area contributed by atoms with Crippen LogP contribution in [0.5, 0.6) is 0 Å². The van der Waals surface area contributed by atoms with Crippen molar-refractivity contribution in [3.8, 4) is 0 Å². The van der Waals surface area contributed by atoms with E-state index in [-0.39, 0.29) is 18.4 Å². The first kappa shape index (κ1) is 17.0. The molecule has 23 heavy (non-hydrogen) atoms. The molecule has 1 aliphatic rings. The molecule has 0 aliphatic carbocycles. The Morgan fingerprint density at radius 2 is 2.04 bits per heavy atom. The number of aromatic amines is 1.